The topological polar surface area (TPSA) is 55.0 Å². The van der Waals surface area contributed by atoms with Gasteiger partial charge >= 0.3 is 0 Å². The summed E-state index contributed by atoms with van der Waals surface area (Å²) in [6, 6.07) is 44.7. The lowest BCUT2D eigenvalue weighted by atomic mass is 9.98. The second kappa shape index (κ2) is 17.9. The molecular weight excluding hydrogens is 677 g/mol. The second-order valence-electron chi connectivity index (χ2n) is 12.6. The van der Waals surface area contributed by atoms with Gasteiger partial charge in [0.25, 0.3) is 0 Å². The Kier molecular flexibility index (Phi) is 12.6. The Morgan fingerprint density at radius 3 is 2.09 bits per heavy atom. The molecule has 0 saturated carbocycles. The van der Waals surface area contributed by atoms with Crippen LogP contribution in [0.2, 0.25) is 0 Å². The maximum Gasteiger partial charge on any atom is 0.135 e. The highest BCUT2D eigenvalue weighted by Crippen LogP contribution is 2.37. The molecule has 0 bridgehead atoms. The molecule has 0 radical (unpaired) electrons. The zero-order valence-electron chi connectivity index (χ0n) is 32.2. The van der Waals surface area contributed by atoms with Crippen molar-refractivity contribution in [2.45, 2.75) is 47.5 Å². The summed E-state index contributed by atoms with van der Waals surface area (Å²) in [5.74, 6) is 0. The number of para-hydroxylation sites is 1. The number of hydrogen-bond donors (Lipinski definition) is 2. The summed E-state index contributed by atoms with van der Waals surface area (Å²) in [5, 5.41) is 7.43. The summed E-state index contributed by atoms with van der Waals surface area (Å²) in [4.78, 5) is 4.89. The minimum Gasteiger partial charge on any atom is -0.456 e. The van der Waals surface area contributed by atoms with Gasteiger partial charge < -0.3 is 15.1 Å². The normalized spacial score (nSPS) is 13.1. The van der Waals surface area contributed by atoms with Crippen LogP contribution < -0.4 is 5.73 Å². The molecule has 2 aromatic heterocycles. The smallest absolute Gasteiger partial charge is 0.135 e. The van der Waals surface area contributed by atoms with Crippen LogP contribution in [-0.2, 0) is 0 Å². The predicted octanol–water partition coefficient (Wildman–Crippen LogP) is 15.0. The van der Waals surface area contributed by atoms with Crippen LogP contribution in [0.4, 0.5) is 0 Å². The third-order valence-electron chi connectivity index (χ3n) is 9.61. The Morgan fingerprint density at radius 1 is 0.685 bits per heavy atom. The van der Waals surface area contributed by atoms with E-state index in [1.54, 1.807) is 11.8 Å². The molecule has 54 heavy (non-hydrogen) atoms. The zero-order valence-corrected chi connectivity index (χ0v) is 33.1. The minimum absolute atomic E-state index is 0.876. The zero-order chi connectivity index (χ0) is 38.0. The highest BCUT2D eigenvalue weighted by molar-refractivity contribution is 8.02. The van der Waals surface area contributed by atoms with E-state index in [1.807, 2.05) is 45.9 Å². The molecule has 272 valence electrons. The quantitative estimate of drug-likeness (QED) is 0.174. The summed E-state index contributed by atoms with van der Waals surface area (Å²) in [5.41, 5.74) is 17.4. The average Bonchev–Trinajstić information content (AvgIpc) is 3.82. The molecule has 0 aliphatic heterocycles. The van der Waals surface area contributed by atoms with E-state index in [1.165, 1.54) is 65.3 Å². The van der Waals surface area contributed by atoms with Crippen LogP contribution in [0.5, 0.6) is 0 Å². The van der Waals surface area contributed by atoms with E-state index in [0.717, 1.165) is 40.5 Å². The lowest BCUT2D eigenvalue weighted by Crippen LogP contribution is -2.04. The van der Waals surface area contributed by atoms with Crippen molar-refractivity contribution in [3.05, 3.63) is 173 Å². The summed E-state index contributed by atoms with van der Waals surface area (Å²) in [6.45, 7) is 10.1. The first kappa shape index (κ1) is 38.0. The molecule has 8 aromatic rings. The van der Waals surface area contributed by atoms with Gasteiger partial charge in [-0.2, -0.15) is 0 Å². The molecule has 0 atom stereocenters. The van der Waals surface area contributed by atoms with Crippen LogP contribution in [0.3, 0.4) is 0 Å². The number of H-pyrrole nitrogens is 1. The molecule has 0 unspecified atom stereocenters. The summed E-state index contributed by atoms with van der Waals surface area (Å²) in [6.07, 6.45) is 12.9. The van der Waals surface area contributed by atoms with Gasteiger partial charge in [0.1, 0.15) is 11.2 Å². The SMILES string of the molecule is C/C=C(\C=C(/N)C1=CC(SC)=CCC1)c1ccccc1.CC.CC.c1ccc2c(c1)ccc1[nH]c3ccc(-c4ccc5oc6ccccc6c5c4)cc3c12. The number of furan rings is 1. The molecule has 6 aromatic carbocycles. The lowest BCUT2D eigenvalue weighted by Gasteiger charge is -2.14. The van der Waals surface area contributed by atoms with Crippen LogP contribution >= 0.6 is 11.8 Å². The van der Waals surface area contributed by atoms with Gasteiger partial charge in [-0.25, -0.2) is 0 Å². The van der Waals surface area contributed by atoms with Gasteiger partial charge in [-0.1, -0.05) is 131 Å². The lowest BCUT2D eigenvalue weighted by molar-refractivity contribution is 0.669. The van der Waals surface area contributed by atoms with Crippen LogP contribution in [-0.4, -0.2) is 11.2 Å². The standard InChI is InChI=1S/C28H17NO.C18H21NS.2C2H6/c1-2-6-20-17(5-1)9-13-25-28(20)23-16-18(10-12-24(23)29-25)19-11-14-27-22(15-19)21-7-3-4-8-26(21)30-27;1-3-14(15-8-5-4-6-9-15)13-18(19)16-10-7-11-17(12-16)20-2;2*1-2/h1-16,29H;3-6,8-9,11-13H,7,10,19H2,1-2H3;2*1-2H3/b;14-3+,18-13-;;. The fourth-order valence-corrected chi connectivity index (χ4v) is 7.57. The molecule has 9 rings (SSSR count). The van der Waals surface area contributed by atoms with Gasteiger partial charge in [0, 0.05) is 43.2 Å². The number of fused-ring (bicyclic) bond motifs is 8. The van der Waals surface area contributed by atoms with Crippen molar-refractivity contribution in [2.75, 3.05) is 6.26 Å². The molecule has 0 saturated heterocycles. The van der Waals surface area contributed by atoms with Crippen molar-refractivity contribution in [1.82, 2.24) is 4.98 Å². The molecular formula is C50H50N2OS. The van der Waals surface area contributed by atoms with E-state index >= 15 is 0 Å². The van der Waals surface area contributed by atoms with Crippen LogP contribution in [0.25, 0.3) is 71.2 Å². The van der Waals surface area contributed by atoms with Gasteiger partial charge in [0.15, 0.2) is 0 Å². The van der Waals surface area contributed by atoms with E-state index in [-0.39, 0.29) is 0 Å². The largest absolute Gasteiger partial charge is 0.456 e. The summed E-state index contributed by atoms with van der Waals surface area (Å²) >= 11 is 1.78. The Bertz CT molecular complexity index is 2650. The summed E-state index contributed by atoms with van der Waals surface area (Å²) < 4.78 is 6.00. The highest BCUT2D eigenvalue weighted by atomic mass is 32.2. The van der Waals surface area contributed by atoms with Crippen LogP contribution in [0, 0.1) is 0 Å². The Labute approximate surface area is 324 Å². The van der Waals surface area contributed by atoms with Crippen LogP contribution in [0.1, 0.15) is 53.0 Å². The summed E-state index contributed by atoms with van der Waals surface area (Å²) in [7, 11) is 0. The Hall–Kier alpha value is -5.71. The fourth-order valence-electron chi connectivity index (χ4n) is 7.02. The third kappa shape index (κ3) is 7.95. The van der Waals surface area contributed by atoms with Crippen molar-refractivity contribution in [1.29, 1.82) is 0 Å². The van der Waals surface area contributed by atoms with E-state index in [9.17, 15) is 0 Å². The molecule has 3 N–H and O–H groups in total. The Balaban J connectivity index is 0.000000182. The first-order valence-corrected chi connectivity index (χ1v) is 20.3. The monoisotopic (exact) mass is 726 g/mol. The van der Waals surface area contributed by atoms with Crippen molar-refractivity contribution >= 4 is 71.9 Å². The van der Waals surface area contributed by atoms with Crippen molar-refractivity contribution < 1.29 is 4.42 Å². The molecule has 1 aliphatic carbocycles. The van der Waals surface area contributed by atoms with E-state index < -0.39 is 0 Å². The van der Waals surface area contributed by atoms with E-state index in [2.05, 4.69) is 152 Å². The fraction of sp³-hybridized carbons (Fsp3) is 0.160. The van der Waals surface area contributed by atoms with Gasteiger partial charge in [-0.3, -0.25) is 0 Å². The number of benzene rings is 6. The predicted molar refractivity (Wildman–Crippen MR) is 240 cm³/mol. The molecule has 3 nitrogen and oxygen atoms in total. The first-order chi connectivity index (χ1) is 26.6. The second-order valence-corrected chi connectivity index (χ2v) is 13.5. The molecule has 0 amide bonds. The molecule has 2 heterocycles. The average molecular weight is 727 g/mol. The van der Waals surface area contributed by atoms with Crippen molar-refractivity contribution in [2.24, 2.45) is 5.73 Å². The molecule has 0 spiro atoms. The van der Waals surface area contributed by atoms with Gasteiger partial charge in [-0.15, -0.1) is 11.8 Å². The number of hydrogen-bond acceptors (Lipinski definition) is 3. The Morgan fingerprint density at radius 2 is 1.33 bits per heavy atom. The number of allylic oxidation sites excluding steroid dienone is 6. The number of rotatable bonds is 5. The van der Waals surface area contributed by atoms with Crippen LogP contribution in [0.15, 0.2) is 172 Å². The minimum atomic E-state index is 0.876. The first-order valence-electron chi connectivity index (χ1n) is 19.1. The van der Waals surface area contributed by atoms with Crippen molar-refractivity contribution in [3.63, 3.8) is 0 Å². The number of aromatic amines is 1. The third-order valence-corrected chi connectivity index (χ3v) is 10.4. The van der Waals surface area contributed by atoms with Gasteiger partial charge in [0.05, 0.1) is 0 Å². The molecule has 4 heteroatoms. The molecule has 0 fully saturated rings. The maximum atomic E-state index is 6.29. The maximum absolute atomic E-state index is 6.29. The van der Waals surface area contributed by atoms with Gasteiger partial charge in [-0.05, 0) is 113 Å². The number of nitrogens with two attached hydrogens (primary N) is 1. The molecule has 1 aliphatic rings. The van der Waals surface area contributed by atoms with E-state index in [0.29, 0.717) is 0 Å². The van der Waals surface area contributed by atoms with Gasteiger partial charge in [0.2, 0.25) is 0 Å². The van der Waals surface area contributed by atoms with Crippen molar-refractivity contribution in [3.8, 4) is 11.1 Å². The highest BCUT2D eigenvalue weighted by Gasteiger charge is 2.12. The van der Waals surface area contributed by atoms with E-state index in [4.69, 9.17) is 10.2 Å². The number of thioether (sulfide) groups is 1. The number of nitrogens with one attached hydrogen (secondary N) is 1. The number of aromatic nitrogens is 1.